The molecule has 0 rings (SSSR count). The van der Waals surface area contributed by atoms with Gasteiger partial charge in [-0.2, -0.15) is 0 Å². The molecule has 0 aliphatic carbocycles. The molecule has 494 valence electrons. The van der Waals surface area contributed by atoms with Gasteiger partial charge in [0.2, 0.25) is 17.7 Å². The molecule has 3 amide bonds. The number of carbonyl (C=O) groups excluding carboxylic acids is 3. The summed E-state index contributed by atoms with van der Waals surface area (Å²) in [7, 11) is 0. The van der Waals surface area contributed by atoms with Crippen LogP contribution < -0.4 is 16.0 Å². The Balaban J connectivity index is 4.66. The minimum atomic E-state index is -1.80. The van der Waals surface area contributed by atoms with Crippen LogP contribution in [-0.2, 0) is 76.0 Å². The van der Waals surface area contributed by atoms with E-state index in [0.29, 0.717) is 0 Å². The fraction of sp³-hybridized carbons (Fsp3) is 0.940. The smallest absolute Gasteiger partial charge is 0.222 e. The highest BCUT2D eigenvalue weighted by molar-refractivity contribution is 5.76. The van der Waals surface area contributed by atoms with Crippen molar-refractivity contribution in [2.75, 3.05) is 191 Å². The molecule has 0 heterocycles. The zero-order valence-electron chi connectivity index (χ0n) is 47.7. The third-order valence-corrected chi connectivity index (χ3v) is 11.4. The van der Waals surface area contributed by atoms with Crippen LogP contribution in [0.5, 0.6) is 0 Å². The lowest BCUT2D eigenvalue weighted by molar-refractivity contribution is -0.220. The summed E-state index contributed by atoms with van der Waals surface area (Å²) >= 11 is 0. The van der Waals surface area contributed by atoms with E-state index in [-0.39, 0.29) is 208 Å². The predicted octanol–water partition coefficient (Wildman–Crippen LogP) is -8.67. The van der Waals surface area contributed by atoms with Gasteiger partial charge in [-0.3, -0.25) is 14.4 Å². The van der Waals surface area contributed by atoms with E-state index in [4.69, 9.17) is 76.9 Å². The fourth-order valence-electron chi connectivity index (χ4n) is 6.59. The van der Waals surface area contributed by atoms with Gasteiger partial charge < -0.3 is 149 Å². The Hall–Kier alpha value is -2.67. The number of hydrogen-bond acceptors (Lipinski definition) is 30. The van der Waals surface area contributed by atoms with Crippen molar-refractivity contribution in [3.05, 3.63) is 0 Å². The minimum absolute atomic E-state index is 0.0186. The average molecular weight is 1220 g/mol. The Morgan fingerprint density at radius 1 is 0.373 bits per heavy atom. The number of hydrogen-bond donors (Lipinski definition) is 17. The van der Waals surface area contributed by atoms with E-state index in [1.165, 1.54) is 0 Å². The molecule has 0 radical (unpaired) electrons. The number of carbonyl (C=O) groups is 3. The van der Waals surface area contributed by atoms with Crippen LogP contribution in [0.25, 0.3) is 0 Å². The van der Waals surface area contributed by atoms with Crippen LogP contribution in [0.3, 0.4) is 0 Å². The maximum Gasteiger partial charge on any atom is 0.222 e. The number of amides is 3. The highest BCUT2D eigenvalue weighted by atomic mass is 16.7. The molecule has 83 heavy (non-hydrogen) atoms. The Morgan fingerprint density at radius 3 is 1.01 bits per heavy atom. The molecule has 11 atom stereocenters. The summed E-state index contributed by atoms with van der Waals surface area (Å²) in [4.78, 5) is 37.4. The second-order valence-corrected chi connectivity index (χ2v) is 18.7. The summed E-state index contributed by atoms with van der Waals surface area (Å²) in [5, 5.41) is 141. The molecule has 0 spiro atoms. The molecule has 5 unspecified atom stereocenters. The topological polar surface area (TPSA) is 491 Å². The maximum absolute atomic E-state index is 12.5. The van der Waals surface area contributed by atoms with Crippen LogP contribution in [0.15, 0.2) is 0 Å². The van der Waals surface area contributed by atoms with Gasteiger partial charge in [0.15, 0.2) is 18.9 Å². The van der Waals surface area contributed by atoms with Crippen molar-refractivity contribution < 1.29 is 147 Å². The van der Waals surface area contributed by atoms with Gasteiger partial charge in [-0.15, -0.1) is 0 Å². The van der Waals surface area contributed by atoms with Crippen molar-refractivity contribution in [2.45, 2.75) is 107 Å². The summed E-state index contributed by atoms with van der Waals surface area (Å²) in [5.41, 5.74) is -0.766. The quantitative estimate of drug-likeness (QED) is 0.0199. The maximum atomic E-state index is 12.5. The second kappa shape index (κ2) is 53.6. The molecule has 0 saturated heterocycles. The molecule has 0 aromatic carbocycles. The molecule has 0 aromatic rings. The highest BCUT2D eigenvalue weighted by Crippen LogP contribution is 2.19. The Bertz CT molecular complexity index is 1450. The number of rotatable bonds is 61. The van der Waals surface area contributed by atoms with Gasteiger partial charge >= 0.3 is 0 Å². The third kappa shape index (κ3) is 43.6. The fourth-order valence-corrected chi connectivity index (χ4v) is 6.59. The Kier molecular flexibility index (Phi) is 51.8. The molecular formula is C50H99N3O30. The van der Waals surface area contributed by atoms with Crippen LogP contribution in [-0.4, -0.2) is 348 Å². The standard InChI is InChI=1S/C50H99N3O30/c1-50(33-77-12-4-40(62)51-7-15-71-18-21-74-24-27-80-43(32-58)83-39(31-57)38(61)30-56,34-78-13-5-41(63)52-8-16-72-19-22-75-25-28-81-48(69)46(67)44(65)36(59)2-10-54)35-79-14-6-42(64)53-9-17-73-20-23-76-26-29-82-49(70)47(68)45(66)37(60)3-11-55/h36-39,43-49,54-61,65-70H,2-35H2,1H3,(H,51,62)(H,52,63)(H,53,64)/t36-,37-,38+,39?,43+,44?,45?,46?,47?,48-,49-,50?/m1/s1. The van der Waals surface area contributed by atoms with Crippen molar-refractivity contribution in [2.24, 2.45) is 5.41 Å². The van der Waals surface area contributed by atoms with Gasteiger partial charge in [0.1, 0.15) is 36.6 Å². The summed E-state index contributed by atoms with van der Waals surface area (Å²) < 4.78 is 70.4. The van der Waals surface area contributed by atoms with Crippen LogP contribution in [0.2, 0.25) is 0 Å². The first-order chi connectivity index (χ1) is 39.9. The number of nitrogens with one attached hydrogen (secondary N) is 3. The molecular weight excluding hydrogens is 1120 g/mol. The number of aliphatic hydroxyl groups is 14. The lowest BCUT2D eigenvalue weighted by atomic mass is 9.94. The van der Waals surface area contributed by atoms with Gasteiger partial charge in [0.25, 0.3) is 0 Å². The van der Waals surface area contributed by atoms with Crippen LogP contribution in [0, 0.1) is 5.41 Å². The van der Waals surface area contributed by atoms with Crippen molar-refractivity contribution in [1.29, 1.82) is 0 Å². The third-order valence-electron chi connectivity index (χ3n) is 11.4. The second-order valence-electron chi connectivity index (χ2n) is 18.7. The van der Waals surface area contributed by atoms with Crippen molar-refractivity contribution >= 4 is 17.7 Å². The molecule has 0 bridgehead atoms. The summed E-state index contributed by atoms with van der Waals surface area (Å²) in [6.07, 6.45) is -17.5. The summed E-state index contributed by atoms with van der Waals surface area (Å²) in [6.45, 7) is 1.78. The van der Waals surface area contributed by atoms with Crippen LogP contribution in [0.4, 0.5) is 0 Å². The zero-order valence-corrected chi connectivity index (χ0v) is 47.7. The SMILES string of the molecule is CC(COCCC(=O)NCCOCCOCCO[C@H](CO)OC(CO)[C@@H](O)CO)(COCCC(=O)NCCOCCOCCO[C@@H](O)C(O)C(O)[C@H](O)CCO)COCCC(=O)NCCOCCOCCO[C@@H](O)C(O)C(O)[C@H](O)CCO. The summed E-state index contributed by atoms with van der Waals surface area (Å²) in [5.74, 6) is -0.886. The summed E-state index contributed by atoms with van der Waals surface area (Å²) in [6, 6.07) is 0. The van der Waals surface area contributed by atoms with Gasteiger partial charge in [-0.1, -0.05) is 6.92 Å². The monoisotopic (exact) mass is 1220 g/mol. The molecule has 33 heteroatoms. The molecule has 33 nitrogen and oxygen atoms in total. The first-order valence-electron chi connectivity index (χ1n) is 27.6. The lowest BCUT2D eigenvalue weighted by Crippen LogP contribution is -2.46. The van der Waals surface area contributed by atoms with Crippen LogP contribution >= 0.6 is 0 Å². The van der Waals surface area contributed by atoms with E-state index in [0.717, 1.165) is 0 Å². The molecule has 17 N–H and O–H groups in total. The zero-order chi connectivity index (χ0) is 61.9. The molecule has 0 fully saturated rings. The minimum Gasteiger partial charge on any atom is -0.396 e. The van der Waals surface area contributed by atoms with E-state index in [1.54, 1.807) is 0 Å². The van der Waals surface area contributed by atoms with Gasteiger partial charge in [0.05, 0.1) is 171 Å². The van der Waals surface area contributed by atoms with Gasteiger partial charge in [-0.25, -0.2) is 0 Å². The lowest BCUT2D eigenvalue weighted by Gasteiger charge is -2.29. The number of aliphatic hydroxyl groups excluding tert-OH is 14. The normalized spacial score (nSPS) is 16.7. The van der Waals surface area contributed by atoms with Crippen molar-refractivity contribution in [3.8, 4) is 0 Å². The Morgan fingerprint density at radius 2 is 0.699 bits per heavy atom. The Labute approximate surface area is 483 Å². The van der Waals surface area contributed by atoms with Crippen LogP contribution in [0.1, 0.15) is 39.0 Å². The first kappa shape index (κ1) is 80.3. The van der Waals surface area contributed by atoms with E-state index in [2.05, 4.69) is 16.0 Å². The van der Waals surface area contributed by atoms with Crippen molar-refractivity contribution in [3.63, 3.8) is 0 Å². The van der Waals surface area contributed by atoms with E-state index in [9.17, 15) is 70.6 Å². The van der Waals surface area contributed by atoms with Crippen molar-refractivity contribution in [1.82, 2.24) is 16.0 Å². The predicted molar refractivity (Wildman–Crippen MR) is 284 cm³/mol. The van der Waals surface area contributed by atoms with E-state index in [1.807, 2.05) is 6.92 Å². The molecule has 0 aliphatic rings. The molecule has 0 aromatic heterocycles. The first-order valence-corrected chi connectivity index (χ1v) is 27.6. The van der Waals surface area contributed by atoms with E-state index >= 15 is 0 Å². The largest absolute Gasteiger partial charge is 0.396 e. The number of ether oxygens (including phenoxy) is 13. The highest BCUT2D eigenvalue weighted by Gasteiger charge is 2.32. The molecule has 0 aliphatic heterocycles. The van der Waals surface area contributed by atoms with Gasteiger partial charge in [0, 0.05) is 57.5 Å². The molecule has 0 saturated carbocycles. The average Bonchev–Trinajstić information content (AvgIpc) is 3.49. The van der Waals surface area contributed by atoms with E-state index < -0.39 is 106 Å². The van der Waals surface area contributed by atoms with Gasteiger partial charge in [-0.05, 0) is 12.8 Å².